The van der Waals surface area contributed by atoms with Crippen LogP contribution in [0.15, 0.2) is 22.6 Å². The molecule has 0 amide bonds. The maximum absolute atomic E-state index is 11.3. The van der Waals surface area contributed by atoms with E-state index in [0.29, 0.717) is 16.8 Å². The molecular formula is C11H15N3O3S. The molecule has 1 aromatic carbocycles. The smallest absolute Gasteiger partial charge is 0.295 e. The highest BCUT2D eigenvalue weighted by Crippen LogP contribution is 2.23. The number of para-hydroxylation sites is 1. The second-order valence-corrected chi connectivity index (χ2v) is 6.35. The van der Waals surface area contributed by atoms with Gasteiger partial charge in [-0.25, -0.2) is 8.42 Å². The number of hydrogen-bond acceptors (Lipinski definition) is 6. The maximum Gasteiger partial charge on any atom is 0.295 e. The molecule has 0 aliphatic heterocycles. The van der Waals surface area contributed by atoms with Gasteiger partial charge in [-0.1, -0.05) is 13.0 Å². The van der Waals surface area contributed by atoms with Gasteiger partial charge in [-0.15, -0.1) is 0 Å². The molecular weight excluding hydrogens is 254 g/mol. The van der Waals surface area contributed by atoms with Crippen LogP contribution in [0.4, 0.5) is 11.7 Å². The number of nitrogens with one attached hydrogen (secondary N) is 1. The average molecular weight is 269 g/mol. The number of rotatable bonds is 5. The molecule has 0 fully saturated rings. The zero-order valence-electron chi connectivity index (χ0n) is 10.0. The summed E-state index contributed by atoms with van der Waals surface area (Å²) in [5.41, 5.74) is 7.44. The summed E-state index contributed by atoms with van der Waals surface area (Å²) in [4.78, 5) is 4.16. The molecule has 0 aliphatic carbocycles. The van der Waals surface area contributed by atoms with E-state index in [1.54, 1.807) is 25.1 Å². The Balaban J connectivity index is 2.07. The molecule has 0 saturated heterocycles. The van der Waals surface area contributed by atoms with Gasteiger partial charge in [-0.3, -0.25) is 0 Å². The number of hydrogen-bond donors (Lipinski definition) is 2. The van der Waals surface area contributed by atoms with Crippen LogP contribution in [-0.2, 0) is 9.84 Å². The monoisotopic (exact) mass is 269 g/mol. The van der Waals surface area contributed by atoms with Crippen LogP contribution in [0.3, 0.4) is 0 Å². The SMILES string of the molecule is CCS(=O)(=O)CCNc1nc2c(N)cccc2o1. The van der Waals surface area contributed by atoms with E-state index in [1.165, 1.54) is 0 Å². The van der Waals surface area contributed by atoms with Gasteiger partial charge in [0, 0.05) is 12.3 Å². The molecule has 0 bridgehead atoms. The number of nitrogen functional groups attached to an aromatic ring is 1. The number of anilines is 2. The average Bonchev–Trinajstić information content (AvgIpc) is 2.73. The van der Waals surface area contributed by atoms with E-state index in [4.69, 9.17) is 10.2 Å². The van der Waals surface area contributed by atoms with Crippen molar-refractivity contribution in [2.75, 3.05) is 29.1 Å². The molecule has 6 nitrogen and oxygen atoms in total. The van der Waals surface area contributed by atoms with Crippen molar-refractivity contribution in [1.82, 2.24) is 4.98 Å². The highest BCUT2D eigenvalue weighted by molar-refractivity contribution is 7.91. The highest BCUT2D eigenvalue weighted by atomic mass is 32.2. The molecule has 1 heterocycles. The minimum atomic E-state index is -2.98. The minimum absolute atomic E-state index is 0.0533. The fraction of sp³-hybridized carbons (Fsp3) is 0.364. The molecule has 98 valence electrons. The van der Waals surface area contributed by atoms with Crippen LogP contribution in [0.2, 0.25) is 0 Å². The molecule has 0 spiro atoms. The van der Waals surface area contributed by atoms with Gasteiger partial charge < -0.3 is 15.5 Å². The second-order valence-electron chi connectivity index (χ2n) is 3.88. The van der Waals surface area contributed by atoms with E-state index < -0.39 is 9.84 Å². The van der Waals surface area contributed by atoms with Crippen LogP contribution in [-0.4, -0.2) is 31.5 Å². The van der Waals surface area contributed by atoms with Gasteiger partial charge in [0.05, 0.1) is 11.4 Å². The number of fused-ring (bicyclic) bond motifs is 1. The number of benzene rings is 1. The van der Waals surface area contributed by atoms with Crippen molar-refractivity contribution in [3.8, 4) is 0 Å². The predicted octanol–water partition coefficient (Wildman–Crippen LogP) is 1.26. The van der Waals surface area contributed by atoms with E-state index >= 15 is 0 Å². The third-order valence-corrected chi connectivity index (χ3v) is 4.29. The first-order valence-corrected chi connectivity index (χ1v) is 7.43. The first kappa shape index (κ1) is 12.7. The van der Waals surface area contributed by atoms with Crippen LogP contribution in [0.5, 0.6) is 0 Å². The van der Waals surface area contributed by atoms with Crippen molar-refractivity contribution in [3.63, 3.8) is 0 Å². The first-order chi connectivity index (χ1) is 8.52. The van der Waals surface area contributed by atoms with E-state index in [1.807, 2.05) is 0 Å². The molecule has 2 rings (SSSR count). The van der Waals surface area contributed by atoms with E-state index in [2.05, 4.69) is 10.3 Å². The number of sulfone groups is 1. The number of aromatic nitrogens is 1. The van der Waals surface area contributed by atoms with Gasteiger partial charge >= 0.3 is 0 Å². The lowest BCUT2D eigenvalue weighted by Gasteiger charge is -2.01. The third-order valence-electron chi connectivity index (χ3n) is 2.58. The largest absolute Gasteiger partial charge is 0.423 e. The minimum Gasteiger partial charge on any atom is -0.423 e. The first-order valence-electron chi connectivity index (χ1n) is 5.61. The summed E-state index contributed by atoms with van der Waals surface area (Å²) in [6.07, 6.45) is 0. The Bertz CT molecular complexity index is 649. The lowest BCUT2D eigenvalue weighted by atomic mass is 10.3. The van der Waals surface area contributed by atoms with Crippen molar-refractivity contribution in [2.24, 2.45) is 0 Å². The number of oxazole rings is 1. The summed E-state index contributed by atoms with van der Waals surface area (Å²) < 4.78 is 28.0. The van der Waals surface area contributed by atoms with Crippen molar-refractivity contribution in [1.29, 1.82) is 0 Å². The Morgan fingerprint density at radius 3 is 2.89 bits per heavy atom. The summed E-state index contributed by atoms with van der Waals surface area (Å²) in [5, 5.41) is 2.84. The molecule has 0 unspecified atom stereocenters. The van der Waals surface area contributed by atoms with E-state index in [9.17, 15) is 8.42 Å². The fourth-order valence-electron chi connectivity index (χ4n) is 1.50. The molecule has 18 heavy (non-hydrogen) atoms. The number of nitrogens with two attached hydrogens (primary N) is 1. The van der Waals surface area contributed by atoms with Crippen LogP contribution in [0.25, 0.3) is 11.1 Å². The van der Waals surface area contributed by atoms with Gasteiger partial charge in [-0.05, 0) is 12.1 Å². The van der Waals surface area contributed by atoms with Crippen LogP contribution < -0.4 is 11.1 Å². The molecule has 3 N–H and O–H groups in total. The second kappa shape index (κ2) is 4.85. The summed E-state index contributed by atoms with van der Waals surface area (Å²) in [6.45, 7) is 1.89. The zero-order valence-corrected chi connectivity index (χ0v) is 10.8. The maximum atomic E-state index is 11.3. The summed E-state index contributed by atoms with van der Waals surface area (Å²) in [5.74, 6) is 0.187. The topological polar surface area (TPSA) is 98.2 Å². The molecule has 0 saturated carbocycles. The number of nitrogens with zero attached hydrogens (tertiary/aromatic N) is 1. The van der Waals surface area contributed by atoms with Crippen LogP contribution in [0.1, 0.15) is 6.92 Å². The van der Waals surface area contributed by atoms with Gasteiger partial charge in [0.25, 0.3) is 6.01 Å². The standard InChI is InChI=1S/C11H15N3O3S/c1-2-18(15,16)7-6-13-11-14-10-8(12)4-3-5-9(10)17-11/h3-5H,2,6-7,12H2,1H3,(H,13,14). The Labute approximate surface area is 105 Å². The van der Waals surface area contributed by atoms with Crippen molar-refractivity contribution in [3.05, 3.63) is 18.2 Å². The lowest BCUT2D eigenvalue weighted by molar-refractivity contribution is 0.595. The van der Waals surface area contributed by atoms with Crippen molar-refractivity contribution in [2.45, 2.75) is 6.92 Å². The Kier molecular flexibility index (Phi) is 3.42. The fourth-order valence-corrected chi connectivity index (χ4v) is 2.20. The molecule has 0 aliphatic rings. The van der Waals surface area contributed by atoms with E-state index in [0.717, 1.165) is 0 Å². The molecule has 1 aromatic heterocycles. The van der Waals surface area contributed by atoms with Crippen molar-refractivity contribution >= 4 is 32.6 Å². The third kappa shape index (κ3) is 2.73. The quantitative estimate of drug-likeness (QED) is 0.793. The zero-order chi connectivity index (χ0) is 13.2. The molecule has 7 heteroatoms. The van der Waals surface area contributed by atoms with Crippen molar-refractivity contribution < 1.29 is 12.8 Å². The van der Waals surface area contributed by atoms with Gasteiger partial charge in [0.15, 0.2) is 15.4 Å². The normalized spacial score (nSPS) is 11.8. The molecule has 0 atom stereocenters. The van der Waals surface area contributed by atoms with E-state index in [-0.39, 0.29) is 24.1 Å². The Morgan fingerprint density at radius 2 is 2.22 bits per heavy atom. The Hall–Kier alpha value is -1.76. The highest BCUT2D eigenvalue weighted by Gasteiger charge is 2.10. The van der Waals surface area contributed by atoms with Gasteiger partial charge in [-0.2, -0.15) is 4.98 Å². The summed E-state index contributed by atoms with van der Waals surface area (Å²) in [6, 6.07) is 5.55. The van der Waals surface area contributed by atoms with Gasteiger partial charge in [0.2, 0.25) is 0 Å². The van der Waals surface area contributed by atoms with Gasteiger partial charge in [0.1, 0.15) is 5.52 Å². The molecule has 0 radical (unpaired) electrons. The summed E-state index contributed by atoms with van der Waals surface area (Å²) in [7, 11) is -2.98. The van der Waals surface area contributed by atoms with Crippen LogP contribution >= 0.6 is 0 Å². The summed E-state index contributed by atoms with van der Waals surface area (Å²) >= 11 is 0. The molecule has 2 aromatic rings. The lowest BCUT2D eigenvalue weighted by Crippen LogP contribution is -2.17. The Morgan fingerprint density at radius 1 is 1.44 bits per heavy atom. The van der Waals surface area contributed by atoms with Crippen LogP contribution in [0, 0.1) is 0 Å². The predicted molar refractivity (Wildman–Crippen MR) is 71.2 cm³/mol.